The lowest BCUT2D eigenvalue weighted by molar-refractivity contribution is -0.152. The van der Waals surface area contributed by atoms with Gasteiger partial charge in [-0.1, -0.05) is 45.1 Å². The van der Waals surface area contributed by atoms with Gasteiger partial charge in [0.15, 0.2) is 0 Å². The zero-order valence-corrected chi connectivity index (χ0v) is 24.9. The Morgan fingerprint density at radius 3 is 2.57 bits per heavy atom. The molecule has 11 heteroatoms. The average Bonchev–Trinajstić information content (AvgIpc) is 3.36. The summed E-state index contributed by atoms with van der Waals surface area (Å²) >= 11 is 0. The first-order chi connectivity index (χ1) is 20.0. The molecule has 1 aromatic rings. The summed E-state index contributed by atoms with van der Waals surface area (Å²) in [5, 5.41) is 2.75. The fourth-order valence-electron chi connectivity index (χ4n) is 5.91. The van der Waals surface area contributed by atoms with Crippen molar-refractivity contribution in [3.8, 4) is 5.75 Å². The molecule has 1 spiro atoms. The van der Waals surface area contributed by atoms with Gasteiger partial charge in [-0.3, -0.25) is 9.69 Å². The number of amides is 3. The Morgan fingerprint density at radius 2 is 1.86 bits per heavy atom. The molecule has 11 nitrogen and oxygen atoms in total. The van der Waals surface area contributed by atoms with Gasteiger partial charge in [0.25, 0.3) is 0 Å². The zero-order valence-electron chi connectivity index (χ0n) is 24.9. The summed E-state index contributed by atoms with van der Waals surface area (Å²) in [7, 11) is 1.25. The molecular weight excluding hydrogens is 542 g/mol. The smallest absolute Gasteiger partial charge is 0.410 e. The molecule has 4 aliphatic rings. The van der Waals surface area contributed by atoms with Crippen molar-refractivity contribution in [2.75, 3.05) is 26.9 Å². The van der Waals surface area contributed by atoms with Gasteiger partial charge in [0.1, 0.15) is 30.5 Å². The number of carbonyl (C=O) groups is 4. The maximum atomic E-state index is 13.9. The van der Waals surface area contributed by atoms with E-state index in [0.717, 1.165) is 42.6 Å². The Morgan fingerprint density at radius 1 is 1.07 bits per heavy atom. The van der Waals surface area contributed by atoms with Crippen molar-refractivity contribution in [1.82, 2.24) is 15.1 Å². The van der Waals surface area contributed by atoms with Crippen LogP contribution in [-0.4, -0.2) is 78.9 Å². The van der Waals surface area contributed by atoms with Gasteiger partial charge < -0.3 is 29.2 Å². The van der Waals surface area contributed by atoms with Crippen LogP contribution < -0.4 is 10.1 Å². The number of nitrogens with zero attached hydrogens (tertiary/aromatic N) is 2. The Bertz CT molecular complexity index is 1250. The molecule has 1 saturated heterocycles. The SMILES string of the molecule is COC(=O)[C@@H]1CC2CN1C(=O)[C@H](C(C)(C)C)NC(=O)OCC1(CC/C=C/COc3cccc4c3CN(C4)C(=O)O2)CC1. The van der Waals surface area contributed by atoms with Gasteiger partial charge in [0.05, 0.1) is 26.8 Å². The number of alkyl carbamates (subject to hydrolysis) is 1. The van der Waals surface area contributed by atoms with Crippen molar-refractivity contribution in [3.63, 3.8) is 0 Å². The molecule has 3 atom stereocenters. The van der Waals surface area contributed by atoms with Gasteiger partial charge in [-0.25, -0.2) is 14.4 Å². The van der Waals surface area contributed by atoms with E-state index in [0.29, 0.717) is 19.7 Å². The maximum absolute atomic E-state index is 13.9. The lowest BCUT2D eigenvalue weighted by Crippen LogP contribution is -2.57. The molecule has 228 valence electrons. The van der Waals surface area contributed by atoms with Crippen molar-refractivity contribution in [2.45, 2.75) is 84.2 Å². The number of hydrogen-bond acceptors (Lipinski definition) is 8. The summed E-state index contributed by atoms with van der Waals surface area (Å²) in [6, 6.07) is 3.84. The molecule has 3 aliphatic heterocycles. The van der Waals surface area contributed by atoms with Crippen LogP contribution >= 0.6 is 0 Å². The van der Waals surface area contributed by atoms with Crippen LogP contribution in [0.15, 0.2) is 30.4 Å². The number of ether oxygens (including phenoxy) is 4. The number of esters is 1. The number of benzene rings is 1. The minimum Gasteiger partial charge on any atom is -0.489 e. The number of nitrogens with one attached hydrogen (secondary N) is 1. The first-order valence-electron chi connectivity index (χ1n) is 14.7. The van der Waals surface area contributed by atoms with Crippen LogP contribution in [0.2, 0.25) is 0 Å². The van der Waals surface area contributed by atoms with Gasteiger partial charge in [-0.05, 0) is 42.7 Å². The van der Waals surface area contributed by atoms with Crippen LogP contribution in [0.5, 0.6) is 5.75 Å². The molecule has 0 aromatic heterocycles. The lowest BCUT2D eigenvalue weighted by atomic mass is 9.85. The summed E-state index contributed by atoms with van der Waals surface area (Å²) in [4.78, 5) is 55.7. The first-order valence-corrected chi connectivity index (χ1v) is 14.7. The molecule has 2 fully saturated rings. The van der Waals surface area contributed by atoms with Crippen LogP contribution in [0.25, 0.3) is 0 Å². The minimum absolute atomic E-state index is 0.00174. The summed E-state index contributed by atoms with van der Waals surface area (Å²) in [6.45, 7) is 6.88. The number of methoxy groups -OCH3 is 1. The molecule has 3 heterocycles. The topological polar surface area (TPSA) is 124 Å². The van der Waals surface area contributed by atoms with E-state index in [2.05, 4.69) is 11.4 Å². The second-order valence-corrected chi connectivity index (χ2v) is 12.9. The number of carbonyl (C=O) groups excluding carboxylic acids is 4. The molecule has 1 N–H and O–H groups in total. The Kier molecular flexibility index (Phi) is 8.39. The summed E-state index contributed by atoms with van der Waals surface area (Å²) in [5.41, 5.74) is 1.19. The number of fused-ring (bicyclic) bond motifs is 3. The average molecular weight is 584 g/mol. The molecule has 42 heavy (non-hydrogen) atoms. The molecule has 3 amide bonds. The van der Waals surface area contributed by atoms with Gasteiger partial charge in [0, 0.05) is 23.9 Å². The predicted molar refractivity (Wildman–Crippen MR) is 151 cm³/mol. The second kappa shape index (κ2) is 11.9. The number of cyclic esters (lactones) is 1. The van der Waals surface area contributed by atoms with Gasteiger partial charge in [-0.15, -0.1) is 0 Å². The van der Waals surface area contributed by atoms with Crippen molar-refractivity contribution in [1.29, 1.82) is 0 Å². The Hall–Kier alpha value is -3.76. The van der Waals surface area contributed by atoms with E-state index in [1.165, 1.54) is 12.0 Å². The lowest BCUT2D eigenvalue weighted by Gasteiger charge is -2.34. The van der Waals surface area contributed by atoms with E-state index in [-0.39, 0.29) is 25.0 Å². The normalized spacial score (nSPS) is 27.1. The molecule has 4 bridgehead atoms. The Labute approximate surface area is 246 Å². The van der Waals surface area contributed by atoms with Crippen LogP contribution in [0.1, 0.15) is 64.0 Å². The van der Waals surface area contributed by atoms with E-state index in [1.807, 2.05) is 45.0 Å². The summed E-state index contributed by atoms with van der Waals surface area (Å²) in [5.74, 6) is -0.344. The number of allylic oxidation sites excluding steroid dienone is 1. The molecule has 1 unspecified atom stereocenters. The third-order valence-corrected chi connectivity index (χ3v) is 8.67. The maximum Gasteiger partial charge on any atom is 0.410 e. The van der Waals surface area contributed by atoms with Crippen LogP contribution in [0.4, 0.5) is 9.59 Å². The second-order valence-electron chi connectivity index (χ2n) is 12.9. The molecule has 0 radical (unpaired) electrons. The third kappa shape index (κ3) is 6.50. The molecular formula is C31H41N3O8. The molecule has 1 aromatic carbocycles. The van der Waals surface area contributed by atoms with Crippen LogP contribution in [0.3, 0.4) is 0 Å². The quantitative estimate of drug-likeness (QED) is 0.300. The molecule has 1 aliphatic carbocycles. The number of rotatable bonds is 1. The van der Waals surface area contributed by atoms with Gasteiger partial charge >= 0.3 is 18.2 Å². The fraction of sp³-hybridized carbons (Fsp3) is 0.613. The van der Waals surface area contributed by atoms with E-state index in [9.17, 15) is 19.2 Å². The Balaban J connectivity index is 1.39. The van der Waals surface area contributed by atoms with E-state index in [4.69, 9.17) is 18.9 Å². The predicted octanol–water partition coefficient (Wildman–Crippen LogP) is 3.93. The number of hydrogen-bond donors (Lipinski definition) is 1. The largest absolute Gasteiger partial charge is 0.489 e. The van der Waals surface area contributed by atoms with E-state index >= 15 is 0 Å². The highest BCUT2D eigenvalue weighted by Gasteiger charge is 2.48. The summed E-state index contributed by atoms with van der Waals surface area (Å²) < 4.78 is 22.5. The standard InChI is InChI=1S/C31H41N3O8/c1-30(2,3)25-26(35)34-17-21(15-23(34)27(36)39-4)42-29(38)33-16-20-9-8-10-24(22(20)18-33)40-14-7-5-6-11-31(12-13-31)19-41-28(37)32-25/h5,7-10,21,23,25H,6,11-19H2,1-4H3,(H,32,37)/b7-5+/t21?,23-,25+/m0/s1. The van der Waals surface area contributed by atoms with Crippen molar-refractivity contribution in [2.24, 2.45) is 10.8 Å². The fourth-order valence-corrected chi connectivity index (χ4v) is 5.91. The highest BCUT2D eigenvalue weighted by molar-refractivity contribution is 5.91. The van der Waals surface area contributed by atoms with Crippen molar-refractivity contribution in [3.05, 3.63) is 41.5 Å². The van der Waals surface area contributed by atoms with Crippen LogP contribution in [-0.2, 0) is 36.9 Å². The highest BCUT2D eigenvalue weighted by atomic mass is 16.6. The van der Waals surface area contributed by atoms with E-state index in [1.54, 1.807) is 4.90 Å². The minimum atomic E-state index is -0.978. The molecule has 1 saturated carbocycles. The van der Waals surface area contributed by atoms with Crippen molar-refractivity contribution < 1.29 is 38.1 Å². The van der Waals surface area contributed by atoms with E-state index < -0.39 is 47.7 Å². The third-order valence-electron chi connectivity index (χ3n) is 8.67. The van der Waals surface area contributed by atoms with Crippen LogP contribution in [0, 0.1) is 10.8 Å². The first kappa shape index (κ1) is 29.7. The van der Waals surface area contributed by atoms with Gasteiger partial charge in [-0.2, -0.15) is 0 Å². The highest BCUT2D eigenvalue weighted by Crippen LogP contribution is 2.50. The summed E-state index contributed by atoms with van der Waals surface area (Å²) in [6.07, 6.45) is 5.89. The monoisotopic (exact) mass is 583 g/mol. The van der Waals surface area contributed by atoms with Crippen molar-refractivity contribution >= 4 is 24.1 Å². The van der Waals surface area contributed by atoms with Gasteiger partial charge in [0.2, 0.25) is 5.91 Å². The zero-order chi connectivity index (χ0) is 30.1. The molecule has 5 rings (SSSR count).